The number of nitrogens with two attached hydrogens (primary N) is 1. The van der Waals surface area contributed by atoms with Crippen LogP contribution in [0.15, 0.2) is 18.2 Å². The summed E-state index contributed by atoms with van der Waals surface area (Å²) in [7, 11) is 1.47. The van der Waals surface area contributed by atoms with Crippen molar-refractivity contribution in [1.82, 2.24) is 4.90 Å². The van der Waals surface area contributed by atoms with E-state index in [0.29, 0.717) is 0 Å². The van der Waals surface area contributed by atoms with Gasteiger partial charge in [-0.15, -0.1) is 0 Å². The summed E-state index contributed by atoms with van der Waals surface area (Å²) in [5, 5.41) is 0. The highest BCUT2D eigenvalue weighted by Gasteiger charge is 2.14. The standard InChI is InChI=1S/C10H10F2N2OS/c1-14(5-9(13)16)10(15)6-2-3-7(11)8(12)4-6/h2-4H,5H2,1H3,(H2,13,16). The molecule has 16 heavy (non-hydrogen) atoms. The highest BCUT2D eigenvalue weighted by molar-refractivity contribution is 7.80. The van der Waals surface area contributed by atoms with E-state index in [9.17, 15) is 13.6 Å². The van der Waals surface area contributed by atoms with E-state index in [-0.39, 0.29) is 17.1 Å². The molecule has 0 saturated carbocycles. The Morgan fingerprint density at radius 3 is 2.56 bits per heavy atom. The second kappa shape index (κ2) is 4.98. The van der Waals surface area contributed by atoms with Crippen LogP contribution in [0.4, 0.5) is 8.78 Å². The number of thiocarbonyl (C=S) groups is 1. The minimum Gasteiger partial charge on any atom is -0.392 e. The first kappa shape index (κ1) is 12.5. The average Bonchev–Trinajstić information content (AvgIpc) is 2.20. The molecule has 1 rings (SSSR count). The Kier molecular flexibility index (Phi) is 3.89. The predicted molar refractivity (Wildman–Crippen MR) is 60.1 cm³/mol. The Bertz CT molecular complexity index is 437. The largest absolute Gasteiger partial charge is 0.392 e. The van der Waals surface area contributed by atoms with Crippen molar-refractivity contribution in [2.24, 2.45) is 5.73 Å². The van der Waals surface area contributed by atoms with E-state index in [1.165, 1.54) is 18.0 Å². The van der Waals surface area contributed by atoms with Crippen molar-refractivity contribution in [2.45, 2.75) is 0 Å². The summed E-state index contributed by atoms with van der Waals surface area (Å²) in [5.41, 5.74) is 5.32. The molecule has 1 amide bonds. The monoisotopic (exact) mass is 244 g/mol. The summed E-state index contributed by atoms with van der Waals surface area (Å²) in [6.07, 6.45) is 0. The van der Waals surface area contributed by atoms with E-state index in [1.807, 2.05) is 0 Å². The zero-order valence-corrected chi connectivity index (χ0v) is 9.35. The first-order chi connectivity index (χ1) is 7.41. The topological polar surface area (TPSA) is 46.3 Å². The summed E-state index contributed by atoms with van der Waals surface area (Å²) < 4.78 is 25.5. The molecular weight excluding hydrogens is 234 g/mol. The normalized spacial score (nSPS) is 9.94. The SMILES string of the molecule is CN(CC(N)=S)C(=O)c1ccc(F)c(F)c1. The fraction of sp³-hybridized carbons (Fsp3) is 0.200. The second-order valence-corrected chi connectivity index (χ2v) is 3.78. The summed E-state index contributed by atoms with van der Waals surface area (Å²) in [5.74, 6) is -2.52. The Morgan fingerprint density at radius 2 is 2.06 bits per heavy atom. The van der Waals surface area contributed by atoms with E-state index >= 15 is 0 Å². The molecular formula is C10H10F2N2OS. The van der Waals surface area contributed by atoms with Gasteiger partial charge in [-0.3, -0.25) is 4.79 Å². The summed E-state index contributed by atoms with van der Waals surface area (Å²) in [4.78, 5) is 13.0. The number of amides is 1. The molecule has 3 nitrogen and oxygen atoms in total. The third-order valence-electron chi connectivity index (χ3n) is 1.91. The van der Waals surface area contributed by atoms with Gasteiger partial charge in [0.1, 0.15) is 0 Å². The zero-order chi connectivity index (χ0) is 12.3. The number of likely N-dealkylation sites (N-methyl/N-ethyl adjacent to an activating group) is 1. The Morgan fingerprint density at radius 1 is 1.44 bits per heavy atom. The molecule has 0 heterocycles. The fourth-order valence-electron chi connectivity index (χ4n) is 1.16. The van der Waals surface area contributed by atoms with Gasteiger partial charge in [0.2, 0.25) is 0 Å². The van der Waals surface area contributed by atoms with Gasteiger partial charge >= 0.3 is 0 Å². The lowest BCUT2D eigenvalue weighted by Crippen LogP contribution is -2.34. The van der Waals surface area contributed by atoms with Crippen molar-refractivity contribution in [3.8, 4) is 0 Å². The third-order valence-corrected chi connectivity index (χ3v) is 2.04. The average molecular weight is 244 g/mol. The number of rotatable bonds is 3. The molecule has 1 aromatic rings. The predicted octanol–water partition coefficient (Wildman–Crippen LogP) is 1.32. The second-order valence-electron chi connectivity index (χ2n) is 3.26. The van der Waals surface area contributed by atoms with Gasteiger partial charge < -0.3 is 10.6 Å². The Balaban J connectivity index is 2.88. The van der Waals surface area contributed by atoms with Crippen LogP contribution in [0.1, 0.15) is 10.4 Å². The molecule has 0 aliphatic carbocycles. The summed E-state index contributed by atoms with van der Waals surface area (Å²) in [6, 6.07) is 2.95. The van der Waals surface area contributed by atoms with Crippen LogP contribution in [0.5, 0.6) is 0 Å². The number of hydrogen-bond donors (Lipinski definition) is 1. The molecule has 1 aromatic carbocycles. The molecule has 0 aliphatic heterocycles. The van der Waals surface area contributed by atoms with Crippen molar-refractivity contribution in [2.75, 3.05) is 13.6 Å². The minimum atomic E-state index is -1.06. The Labute approximate surface area is 96.8 Å². The molecule has 0 aliphatic rings. The fourth-order valence-corrected chi connectivity index (χ4v) is 1.35. The molecule has 0 fully saturated rings. The van der Waals surface area contributed by atoms with Gasteiger partial charge in [0.25, 0.3) is 5.91 Å². The maximum Gasteiger partial charge on any atom is 0.254 e. The van der Waals surface area contributed by atoms with Gasteiger partial charge in [-0.25, -0.2) is 8.78 Å². The lowest BCUT2D eigenvalue weighted by molar-refractivity contribution is 0.0814. The van der Waals surface area contributed by atoms with Crippen LogP contribution in [0.3, 0.4) is 0 Å². The van der Waals surface area contributed by atoms with E-state index in [2.05, 4.69) is 12.2 Å². The maximum atomic E-state index is 12.9. The van der Waals surface area contributed by atoms with Crippen LogP contribution < -0.4 is 5.73 Å². The molecule has 0 radical (unpaired) electrons. The first-order valence-corrected chi connectivity index (χ1v) is 4.81. The van der Waals surface area contributed by atoms with Crippen LogP contribution in [-0.4, -0.2) is 29.4 Å². The van der Waals surface area contributed by atoms with E-state index in [1.54, 1.807) is 0 Å². The van der Waals surface area contributed by atoms with Crippen molar-refractivity contribution in [3.05, 3.63) is 35.4 Å². The smallest absolute Gasteiger partial charge is 0.254 e. The number of carbonyl (C=O) groups is 1. The van der Waals surface area contributed by atoms with E-state index in [0.717, 1.165) is 12.1 Å². The van der Waals surface area contributed by atoms with Gasteiger partial charge in [0.05, 0.1) is 11.5 Å². The van der Waals surface area contributed by atoms with Gasteiger partial charge in [-0.2, -0.15) is 0 Å². The molecule has 0 atom stereocenters. The summed E-state index contributed by atoms with van der Waals surface area (Å²) >= 11 is 4.64. The highest BCUT2D eigenvalue weighted by atomic mass is 32.1. The van der Waals surface area contributed by atoms with E-state index in [4.69, 9.17) is 5.73 Å². The number of hydrogen-bond acceptors (Lipinski definition) is 2. The molecule has 0 unspecified atom stereocenters. The van der Waals surface area contributed by atoms with Crippen molar-refractivity contribution in [1.29, 1.82) is 0 Å². The molecule has 0 spiro atoms. The van der Waals surface area contributed by atoms with Crippen LogP contribution in [0.2, 0.25) is 0 Å². The van der Waals surface area contributed by atoms with Gasteiger partial charge in [-0.1, -0.05) is 12.2 Å². The summed E-state index contributed by atoms with van der Waals surface area (Å²) in [6.45, 7) is 0.0904. The lowest BCUT2D eigenvalue weighted by atomic mass is 10.2. The van der Waals surface area contributed by atoms with Gasteiger partial charge in [0, 0.05) is 12.6 Å². The number of nitrogens with zero attached hydrogens (tertiary/aromatic N) is 1. The first-order valence-electron chi connectivity index (χ1n) is 4.40. The van der Waals surface area contributed by atoms with Crippen LogP contribution in [0, 0.1) is 11.6 Å². The van der Waals surface area contributed by atoms with E-state index < -0.39 is 17.5 Å². The van der Waals surface area contributed by atoms with Crippen LogP contribution >= 0.6 is 12.2 Å². The van der Waals surface area contributed by atoms with Crippen molar-refractivity contribution in [3.63, 3.8) is 0 Å². The minimum absolute atomic E-state index is 0.0534. The van der Waals surface area contributed by atoms with Crippen LogP contribution in [0.25, 0.3) is 0 Å². The highest BCUT2D eigenvalue weighted by Crippen LogP contribution is 2.10. The molecule has 2 N–H and O–H groups in total. The number of carbonyl (C=O) groups excluding carboxylic acids is 1. The molecule has 6 heteroatoms. The van der Waals surface area contributed by atoms with Crippen molar-refractivity contribution < 1.29 is 13.6 Å². The molecule has 0 bridgehead atoms. The molecule has 0 saturated heterocycles. The molecule has 86 valence electrons. The number of halogens is 2. The number of benzene rings is 1. The molecule has 0 aromatic heterocycles. The third kappa shape index (κ3) is 2.96. The Hall–Kier alpha value is -1.56. The van der Waals surface area contributed by atoms with Gasteiger partial charge in [-0.05, 0) is 18.2 Å². The zero-order valence-electron chi connectivity index (χ0n) is 8.54. The maximum absolute atomic E-state index is 12.9. The lowest BCUT2D eigenvalue weighted by Gasteiger charge is -2.16. The van der Waals surface area contributed by atoms with Crippen molar-refractivity contribution >= 4 is 23.1 Å². The van der Waals surface area contributed by atoms with Crippen LogP contribution in [-0.2, 0) is 0 Å². The quantitative estimate of drug-likeness (QED) is 0.816. The van der Waals surface area contributed by atoms with Gasteiger partial charge in [0.15, 0.2) is 11.6 Å².